The summed E-state index contributed by atoms with van der Waals surface area (Å²) in [6.45, 7) is 0.209. The molecule has 5 aromatic rings. The van der Waals surface area contributed by atoms with Crippen molar-refractivity contribution in [1.29, 1.82) is 0 Å². The highest BCUT2D eigenvalue weighted by molar-refractivity contribution is 7.18. The number of hydrazone groups is 1. The molecule has 188 valence electrons. The Labute approximate surface area is 220 Å². The lowest BCUT2D eigenvalue weighted by Gasteiger charge is -2.12. The maximum Gasteiger partial charge on any atom is 0.329 e. The summed E-state index contributed by atoms with van der Waals surface area (Å²) in [6, 6.07) is 26.7. The molecule has 10 heteroatoms. The van der Waals surface area contributed by atoms with Crippen LogP contribution in [0.2, 0.25) is 0 Å². The fraction of sp³-hybridized carbons (Fsp3) is 0.0357. The number of benzene rings is 4. The molecular weight excluding hydrogens is 505 g/mol. The van der Waals surface area contributed by atoms with Gasteiger partial charge in [0.15, 0.2) is 0 Å². The van der Waals surface area contributed by atoms with Crippen molar-refractivity contribution in [2.45, 2.75) is 6.61 Å². The predicted molar refractivity (Wildman–Crippen MR) is 144 cm³/mol. The van der Waals surface area contributed by atoms with Gasteiger partial charge in [-0.2, -0.15) is 5.10 Å². The maximum atomic E-state index is 13.2. The van der Waals surface area contributed by atoms with Crippen molar-refractivity contribution in [3.63, 3.8) is 0 Å². The molecule has 8 nitrogen and oxygen atoms in total. The van der Waals surface area contributed by atoms with Gasteiger partial charge in [0.25, 0.3) is 0 Å². The molecule has 1 heterocycles. The van der Waals surface area contributed by atoms with Crippen molar-refractivity contribution in [2.75, 3.05) is 5.32 Å². The van der Waals surface area contributed by atoms with Gasteiger partial charge in [-0.3, -0.25) is 14.9 Å². The van der Waals surface area contributed by atoms with Crippen LogP contribution < -0.4 is 15.5 Å². The topological polar surface area (TPSA) is 106 Å². The van der Waals surface area contributed by atoms with Crippen molar-refractivity contribution >= 4 is 45.3 Å². The molecule has 5 rings (SSSR count). The van der Waals surface area contributed by atoms with Crippen molar-refractivity contribution in [1.82, 2.24) is 15.6 Å². The molecule has 0 unspecified atom stereocenters. The van der Waals surface area contributed by atoms with Gasteiger partial charge in [0.1, 0.15) is 23.2 Å². The zero-order valence-electron chi connectivity index (χ0n) is 19.8. The Morgan fingerprint density at radius 1 is 0.895 bits per heavy atom. The van der Waals surface area contributed by atoms with E-state index < -0.39 is 11.8 Å². The van der Waals surface area contributed by atoms with Gasteiger partial charge in [0, 0.05) is 11.1 Å². The highest BCUT2D eigenvalue weighted by Crippen LogP contribution is 2.28. The SMILES string of the molecule is O=C(N/N=C/c1c(OCc2ccc(F)cc2)ccc2ccccc12)C(=O)Nc1nnc(-c2ccccc2)s1. The smallest absolute Gasteiger partial charge is 0.329 e. The highest BCUT2D eigenvalue weighted by Gasteiger charge is 2.16. The molecule has 0 aliphatic carbocycles. The first-order chi connectivity index (χ1) is 18.6. The van der Waals surface area contributed by atoms with E-state index in [0.717, 1.165) is 33.2 Å². The minimum Gasteiger partial charge on any atom is -0.488 e. The molecule has 0 atom stereocenters. The fourth-order valence-corrected chi connectivity index (χ4v) is 4.35. The molecule has 0 bridgehead atoms. The third kappa shape index (κ3) is 5.88. The van der Waals surface area contributed by atoms with Gasteiger partial charge in [-0.25, -0.2) is 9.82 Å². The molecule has 0 radical (unpaired) electrons. The van der Waals surface area contributed by atoms with E-state index in [4.69, 9.17) is 4.74 Å². The lowest BCUT2D eigenvalue weighted by atomic mass is 10.0. The molecule has 2 amide bonds. The van der Waals surface area contributed by atoms with Gasteiger partial charge in [-0.1, -0.05) is 84.1 Å². The Balaban J connectivity index is 1.27. The van der Waals surface area contributed by atoms with Crippen LogP contribution in [-0.2, 0) is 16.2 Å². The minimum atomic E-state index is -0.966. The van der Waals surface area contributed by atoms with Gasteiger partial charge in [-0.15, -0.1) is 10.2 Å². The monoisotopic (exact) mass is 525 g/mol. The lowest BCUT2D eigenvalue weighted by Crippen LogP contribution is -2.32. The van der Waals surface area contributed by atoms with E-state index in [1.807, 2.05) is 60.7 Å². The van der Waals surface area contributed by atoms with E-state index in [-0.39, 0.29) is 17.6 Å². The molecule has 0 aliphatic heterocycles. The van der Waals surface area contributed by atoms with Crippen LogP contribution in [0.3, 0.4) is 0 Å². The standard InChI is InChI=1S/C28H20FN5O3S/c29-21-13-10-18(11-14-21)17-37-24-15-12-19-6-4-5-9-22(19)23(24)16-30-32-26(36)25(35)31-28-34-33-27(38-28)20-7-2-1-3-8-20/h1-16H,17H2,(H,32,36)(H,31,34,35)/b30-16+. The summed E-state index contributed by atoms with van der Waals surface area (Å²) in [7, 11) is 0. The number of halogens is 1. The predicted octanol–water partition coefficient (Wildman–Crippen LogP) is 5.17. The van der Waals surface area contributed by atoms with E-state index in [1.54, 1.807) is 18.2 Å². The summed E-state index contributed by atoms with van der Waals surface area (Å²) in [5, 5.41) is 17.0. The molecule has 1 aromatic heterocycles. The summed E-state index contributed by atoms with van der Waals surface area (Å²) < 4.78 is 19.2. The van der Waals surface area contributed by atoms with Gasteiger partial charge in [0.05, 0.1) is 6.21 Å². The third-order valence-electron chi connectivity index (χ3n) is 5.47. The van der Waals surface area contributed by atoms with Gasteiger partial charge >= 0.3 is 11.8 Å². The molecule has 0 aliphatic rings. The molecule has 0 saturated carbocycles. The Hall–Kier alpha value is -4.96. The van der Waals surface area contributed by atoms with E-state index in [0.29, 0.717) is 16.3 Å². The Morgan fingerprint density at radius 3 is 2.47 bits per heavy atom. The number of hydrogen-bond acceptors (Lipinski definition) is 7. The number of aromatic nitrogens is 2. The number of carbonyl (C=O) groups is 2. The van der Waals surface area contributed by atoms with Gasteiger partial charge in [0.2, 0.25) is 5.13 Å². The first-order valence-electron chi connectivity index (χ1n) is 11.5. The van der Waals surface area contributed by atoms with E-state index in [1.165, 1.54) is 18.3 Å². The van der Waals surface area contributed by atoms with Crippen LogP contribution in [0.15, 0.2) is 96.1 Å². The van der Waals surface area contributed by atoms with Crippen LogP contribution >= 0.6 is 11.3 Å². The second-order valence-electron chi connectivity index (χ2n) is 8.05. The zero-order valence-corrected chi connectivity index (χ0v) is 20.6. The molecule has 0 saturated heterocycles. The maximum absolute atomic E-state index is 13.2. The number of nitrogens with one attached hydrogen (secondary N) is 2. The van der Waals surface area contributed by atoms with Crippen LogP contribution in [0.1, 0.15) is 11.1 Å². The minimum absolute atomic E-state index is 0.193. The lowest BCUT2D eigenvalue weighted by molar-refractivity contribution is -0.136. The Kier molecular flexibility index (Phi) is 7.42. The van der Waals surface area contributed by atoms with Crippen LogP contribution in [0.25, 0.3) is 21.3 Å². The average Bonchev–Trinajstić information content (AvgIpc) is 3.42. The number of hydrogen-bond donors (Lipinski definition) is 2. The molecule has 38 heavy (non-hydrogen) atoms. The number of rotatable bonds is 7. The molecular formula is C28H20FN5O3S. The first kappa shape index (κ1) is 24.7. The number of carbonyl (C=O) groups excluding carboxylic acids is 2. The summed E-state index contributed by atoms with van der Waals surface area (Å²) in [6.07, 6.45) is 1.42. The number of fused-ring (bicyclic) bond motifs is 1. The second kappa shape index (κ2) is 11.4. The van der Waals surface area contributed by atoms with Crippen LogP contribution in [-0.4, -0.2) is 28.2 Å². The van der Waals surface area contributed by atoms with Crippen LogP contribution in [0.4, 0.5) is 9.52 Å². The van der Waals surface area contributed by atoms with Crippen LogP contribution in [0, 0.1) is 5.82 Å². The van der Waals surface area contributed by atoms with Crippen molar-refractivity contribution in [3.8, 4) is 16.3 Å². The Bertz CT molecular complexity index is 1620. The molecule has 0 spiro atoms. The van der Waals surface area contributed by atoms with Crippen molar-refractivity contribution in [3.05, 3.63) is 108 Å². The third-order valence-corrected chi connectivity index (χ3v) is 6.36. The van der Waals surface area contributed by atoms with Crippen LogP contribution in [0.5, 0.6) is 5.75 Å². The summed E-state index contributed by atoms with van der Waals surface area (Å²) in [5.41, 5.74) is 4.50. The average molecular weight is 526 g/mol. The normalized spacial score (nSPS) is 11.0. The van der Waals surface area contributed by atoms with Crippen molar-refractivity contribution in [2.24, 2.45) is 5.10 Å². The first-order valence-corrected chi connectivity index (χ1v) is 12.3. The highest BCUT2D eigenvalue weighted by atomic mass is 32.1. The van der Waals surface area contributed by atoms with Gasteiger partial charge in [-0.05, 0) is 34.5 Å². The zero-order chi connectivity index (χ0) is 26.3. The number of anilines is 1. The molecule has 4 aromatic carbocycles. The van der Waals surface area contributed by atoms with Gasteiger partial charge < -0.3 is 4.74 Å². The number of ether oxygens (including phenoxy) is 1. The largest absolute Gasteiger partial charge is 0.488 e. The summed E-state index contributed by atoms with van der Waals surface area (Å²) in [5.74, 6) is -1.71. The van der Waals surface area contributed by atoms with E-state index in [9.17, 15) is 14.0 Å². The van der Waals surface area contributed by atoms with E-state index >= 15 is 0 Å². The van der Waals surface area contributed by atoms with Crippen molar-refractivity contribution < 1.29 is 18.7 Å². The second-order valence-corrected chi connectivity index (χ2v) is 9.02. The molecule has 2 N–H and O–H groups in total. The summed E-state index contributed by atoms with van der Waals surface area (Å²) in [4.78, 5) is 24.7. The fourth-order valence-electron chi connectivity index (χ4n) is 3.61. The number of amides is 2. The summed E-state index contributed by atoms with van der Waals surface area (Å²) >= 11 is 1.15. The quantitative estimate of drug-likeness (QED) is 0.173. The Morgan fingerprint density at radius 2 is 1.66 bits per heavy atom. The molecule has 0 fully saturated rings. The van der Waals surface area contributed by atoms with E-state index in [2.05, 4.69) is 26.0 Å². The number of nitrogens with zero attached hydrogens (tertiary/aromatic N) is 3.